The van der Waals surface area contributed by atoms with E-state index in [-0.39, 0.29) is 5.82 Å². The Hall–Kier alpha value is -1.62. The molecule has 110 valence electrons. The van der Waals surface area contributed by atoms with Crippen molar-refractivity contribution in [3.8, 4) is 5.75 Å². The van der Waals surface area contributed by atoms with Crippen LogP contribution in [-0.2, 0) is 9.53 Å². The number of hydrogen-bond acceptors (Lipinski definition) is 3. The van der Waals surface area contributed by atoms with Gasteiger partial charge in [-0.1, -0.05) is 12.8 Å². The van der Waals surface area contributed by atoms with Crippen LogP contribution in [0.5, 0.6) is 5.75 Å². The number of benzene rings is 1. The van der Waals surface area contributed by atoms with Crippen molar-refractivity contribution in [3.63, 3.8) is 0 Å². The van der Waals surface area contributed by atoms with Gasteiger partial charge in [0.2, 0.25) is 0 Å². The van der Waals surface area contributed by atoms with Gasteiger partial charge in [-0.15, -0.1) is 0 Å². The molecule has 0 amide bonds. The molecule has 0 saturated carbocycles. The minimum Gasteiger partial charge on any atom is -0.494 e. The van der Waals surface area contributed by atoms with Crippen molar-refractivity contribution in [2.45, 2.75) is 37.7 Å². The van der Waals surface area contributed by atoms with Gasteiger partial charge in [-0.2, -0.15) is 0 Å². The Bertz CT molecular complexity index is 440. The number of aliphatic carboxylic acids is 1. The van der Waals surface area contributed by atoms with Gasteiger partial charge in [0, 0.05) is 0 Å². The number of ether oxygens (including phenoxy) is 2. The molecule has 0 aliphatic carbocycles. The minimum atomic E-state index is -0.884. The average Bonchev–Trinajstić information content (AvgIpc) is 3.21. The SMILES string of the molecule is O=C(O)C1(CCCCCCOc2ccc(F)cc2)CO1. The number of carbonyl (C=O) groups is 1. The fraction of sp³-hybridized carbons (Fsp3) is 0.533. The second kappa shape index (κ2) is 6.70. The number of epoxide rings is 1. The molecule has 0 bridgehead atoms. The molecule has 1 aliphatic heterocycles. The maximum Gasteiger partial charge on any atom is 0.338 e. The third-order valence-corrected chi connectivity index (χ3v) is 3.44. The first-order valence-electron chi connectivity index (χ1n) is 6.88. The van der Waals surface area contributed by atoms with Crippen LogP contribution < -0.4 is 4.74 Å². The molecule has 4 nitrogen and oxygen atoms in total. The van der Waals surface area contributed by atoms with E-state index in [9.17, 15) is 9.18 Å². The lowest BCUT2D eigenvalue weighted by Gasteiger charge is -2.07. The van der Waals surface area contributed by atoms with Gasteiger partial charge in [-0.3, -0.25) is 0 Å². The summed E-state index contributed by atoms with van der Waals surface area (Å²) in [4.78, 5) is 10.9. The summed E-state index contributed by atoms with van der Waals surface area (Å²) in [6, 6.07) is 5.96. The summed E-state index contributed by atoms with van der Waals surface area (Å²) in [5, 5.41) is 8.92. The third kappa shape index (κ3) is 4.20. The zero-order valence-electron chi connectivity index (χ0n) is 11.3. The molecule has 1 atom stereocenters. The summed E-state index contributed by atoms with van der Waals surface area (Å²) in [6.07, 6.45) is 4.28. The quantitative estimate of drug-likeness (QED) is 0.558. The highest BCUT2D eigenvalue weighted by Crippen LogP contribution is 2.33. The first-order valence-corrected chi connectivity index (χ1v) is 6.88. The molecule has 0 aromatic heterocycles. The molecule has 0 spiro atoms. The van der Waals surface area contributed by atoms with Crippen LogP contribution in [0.2, 0.25) is 0 Å². The van der Waals surface area contributed by atoms with Gasteiger partial charge in [0.25, 0.3) is 0 Å². The van der Waals surface area contributed by atoms with E-state index in [4.69, 9.17) is 14.6 Å². The lowest BCUT2D eigenvalue weighted by molar-refractivity contribution is -0.143. The molecule has 2 rings (SSSR count). The Balaban J connectivity index is 1.50. The van der Waals surface area contributed by atoms with Crippen molar-refractivity contribution in [1.82, 2.24) is 0 Å². The lowest BCUT2D eigenvalue weighted by Crippen LogP contribution is -2.23. The van der Waals surface area contributed by atoms with Gasteiger partial charge in [-0.05, 0) is 43.5 Å². The van der Waals surface area contributed by atoms with Crippen molar-refractivity contribution in [1.29, 1.82) is 0 Å². The fourth-order valence-electron chi connectivity index (χ4n) is 2.05. The van der Waals surface area contributed by atoms with Crippen molar-refractivity contribution < 1.29 is 23.8 Å². The smallest absolute Gasteiger partial charge is 0.338 e. The van der Waals surface area contributed by atoms with Crippen molar-refractivity contribution in [2.75, 3.05) is 13.2 Å². The molecule has 20 heavy (non-hydrogen) atoms. The van der Waals surface area contributed by atoms with Crippen molar-refractivity contribution in [2.24, 2.45) is 0 Å². The first kappa shape index (κ1) is 14.8. The van der Waals surface area contributed by atoms with Crippen molar-refractivity contribution in [3.05, 3.63) is 30.1 Å². The second-order valence-electron chi connectivity index (χ2n) is 5.05. The molecule has 1 aromatic carbocycles. The molecular formula is C15H19FO4. The standard InChI is InChI=1S/C15H19FO4/c16-12-5-7-13(8-6-12)19-10-4-2-1-3-9-15(11-20-15)14(17)18/h5-8H,1-4,9-11H2,(H,17,18). The fourth-order valence-corrected chi connectivity index (χ4v) is 2.05. The number of halogens is 1. The molecule has 1 unspecified atom stereocenters. The average molecular weight is 282 g/mol. The monoisotopic (exact) mass is 282 g/mol. The van der Waals surface area contributed by atoms with Crippen LogP contribution in [0.4, 0.5) is 4.39 Å². The molecule has 1 aliphatic rings. The van der Waals surface area contributed by atoms with Gasteiger partial charge < -0.3 is 14.6 Å². The highest BCUT2D eigenvalue weighted by Gasteiger charge is 2.51. The van der Waals surface area contributed by atoms with E-state index in [1.807, 2.05) is 0 Å². The van der Waals surface area contributed by atoms with Gasteiger partial charge in [0.05, 0.1) is 13.2 Å². The van der Waals surface area contributed by atoms with Crippen LogP contribution in [-0.4, -0.2) is 29.9 Å². The number of hydrogen-bond donors (Lipinski definition) is 1. The number of rotatable bonds is 9. The summed E-state index contributed by atoms with van der Waals surface area (Å²) >= 11 is 0. The van der Waals surface area contributed by atoms with Crippen LogP contribution in [0.1, 0.15) is 32.1 Å². The maximum atomic E-state index is 12.7. The molecule has 5 heteroatoms. The van der Waals surface area contributed by atoms with Gasteiger partial charge in [0.1, 0.15) is 11.6 Å². The number of carboxylic acid groups (broad SMARTS) is 1. The third-order valence-electron chi connectivity index (χ3n) is 3.44. The van der Waals surface area contributed by atoms with Crippen LogP contribution in [0, 0.1) is 5.82 Å². The highest BCUT2D eigenvalue weighted by molar-refractivity contribution is 5.80. The summed E-state index contributed by atoms with van der Waals surface area (Å²) in [6.45, 7) is 0.933. The Morgan fingerprint density at radius 2 is 1.90 bits per heavy atom. The zero-order valence-corrected chi connectivity index (χ0v) is 11.3. The van der Waals surface area contributed by atoms with E-state index >= 15 is 0 Å². The molecule has 1 fully saturated rings. The highest BCUT2D eigenvalue weighted by atomic mass is 19.1. The number of carboxylic acids is 1. The first-order chi connectivity index (χ1) is 9.62. The molecule has 1 N–H and O–H groups in total. The molecule has 0 radical (unpaired) electrons. The van der Waals surface area contributed by atoms with Crippen LogP contribution in [0.25, 0.3) is 0 Å². The molecule has 1 aromatic rings. The topological polar surface area (TPSA) is 59.1 Å². The second-order valence-corrected chi connectivity index (χ2v) is 5.05. The summed E-state index contributed by atoms with van der Waals surface area (Å²) in [7, 11) is 0. The van der Waals surface area contributed by atoms with Gasteiger partial charge in [-0.25, -0.2) is 9.18 Å². The largest absolute Gasteiger partial charge is 0.494 e. The van der Waals surface area contributed by atoms with E-state index in [2.05, 4.69) is 0 Å². The summed E-state index contributed by atoms with van der Waals surface area (Å²) in [5.74, 6) is -0.452. The van der Waals surface area contributed by atoms with Crippen LogP contribution >= 0.6 is 0 Å². The minimum absolute atomic E-state index is 0.271. The van der Waals surface area contributed by atoms with Gasteiger partial charge in [0.15, 0.2) is 5.60 Å². The number of unbranched alkanes of at least 4 members (excludes halogenated alkanes) is 3. The van der Waals surface area contributed by atoms with E-state index in [1.165, 1.54) is 12.1 Å². The van der Waals surface area contributed by atoms with Gasteiger partial charge >= 0.3 is 5.97 Å². The van der Waals surface area contributed by atoms with Crippen LogP contribution in [0.15, 0.2) is 24.3 Å². The van der Waals surface area contributed by atoms with E-state index in [1.54, 1.807) is 12.1 Å². The van der Waals surface area contributed by atoms with Crippen molar-refractivity contribution >= 4 is 5.97 Å². The van der Waals surface area contributed by atoms with E-state index in [0.29, 0.717) is 25.4 Å². The molecule has 1 heterocycles. The Morgan fingerprint density at radius 1 is 1.25 bits per heavy atom. The molecular weight excluding hydrogens is 263 g/mol. The summed E-state index contributed by atoms with van der Waals surface area (Å²) in [5.41, 5.74) is -0.884. The Kier molecular flexibility index (Phi) is 4.95. The van der Waals surface area contributed by atoms with Crippen LogP contribution in [0.3, 0.4) is 0 Å². The predicted octanol–water partition coefficient (Wildman–Crippen LogP) is 3.01. The Morgan fingerprint density at radius 3 is 2.50 bits per heavy atom. The van der Waals surface area contributed by atoms with E-state index in [0.717, 1.165) is 25.7 Å². The summed E-state index contributed by atoms with van der Waals surface area (Å²) < 4.78 is 23.1. The Labute approximate surface area is 117 Å². The normalized spacial score (nSPS) is 20.6. The lowest BCUT2D eigenvalue weighted by atomic mass is 10.0. The van der Waals surface area contributed by atoms with E-state index < -0.39 is 11.6 Å². The zero-order chi connectivity index (χ0) is 14.4. The maximum absolute atomic E-state index is 12.7. The predicted molar refractivity (Wildman–Crippen MR) is 71.3 cm³/mol. The molecule has 1 saturated heterocycles.